The fourth-order valence-electron chi connectivity index (χ4n) is 3.83. The van der Waals surface area contributed by atoms with E-state index in [4.69, 9.17) is 5.84 Å². The maximum absolute atomic E-state index is 13.0. The minimum atomic E-state index is -0.345. The first-order valence-corrected chi connectivity index (χ1v) is 8.38. The first-order chi connectivity index (χ1) is 11.6. The molecule has 0 spiro atoms. The van der Waals surface area contributed by atoms with Crippen LogP contribution in [0.15, 0.2) is 40.2 Å². The molecule has 2 N–H and O–H groups in total. The molecule has 1 saturated carbocycles. The molecule has 1 aliphatic rings. The number of hydrogen-bond acceptors (Lipinski definition) is 4. The van der Waals surface area contributed by atoms with Gasteiger partial charge in [0, 0.05) is 18.4 Å². The summed E-state index contributed by atoms with van der Waals surface area (Å²) < 4.78 is 2.84. The topological polar surface area (TPSA) is 82.9 Å². The van der Waals surface area contributed by atoms with Crippen LogP contribution in [0.5, 0.6) is 0 Å². The molecule has 1 aliphatic carbocycles. The number of fused-ring (bicyclic) bond motifs is 2. The van der Waals surface area contributed by atoms with Crippen molar-refractivity contribution in [1.29, 1.82) is 0 Å². The van der Waals surface area contributed by atoms with Crippen LogP contribution in [-0.4, -0.2) is 14.2 Å². The zero-order valence-electron chi connectivity index (χ0n) is 13.6. The Balaban J connectivity index is 1.98. The molecule has 2 atom stereocenters. The van der Waals surface area contributed by atoms with E-state index in [1.165, 1.54) is 12.6 Å². The standard InChI is InChI=1S/C18H20N4O2/c1-11-4-2-3-5-16(11)21-8-6-14-12(17(21)23)10-13-15(20-14)7-9-22(19)18(13)24/h6-11,16H,2-5,19H2,1H3/t11-,16+/m1/s1. The number of nitrogen functional groups attached to an aromatic ring is 1. The summed E-state index contributed by atoms with van der Waals surface area (Å²) in [5, 5.41) is 0.852. The van der Waals surface area contributed by atoms with Gasteiger partial charge in [0.05, 0.1) is 21.8 Å². The van der Waals surface area contributed by atoms with Crippen molar-refractivity contribution < 1.29 is 0 Å². The van der Waals surface area contributed by atoms with Crippen LogP contribution in [0, 0.1) is 5.92 Å². The Bertz CT molecular complexity index is 1050. The predicted molar refractivity (Wildman–Crippen MR) is 94.6 cm³/mol. The molecule has 3 heterocycles. The molecule has 6 nitrogen and oxygen atoms in total. The van der Waals surface area contributed by atoms with E-state index in [0.29, 0.717) is 27.7 Å². The van der Waals surface area contributed by atoms with Crippen LogP contribution in [0.25, 0.3) is 21.8 Å². The minimum Gasteiger partial charge on any atom is -0.336 e. The molecule has 0 radical (unpaired) electrons. The molecule has 0 amide bonds. The van der Waals surface area contributed by atoms with Crippen LogP contribution < -0.4 is 17.0 Å². The van der Waals surface area contributed by atoms with Crippen molar-refractivity contribution in [3.63, 3.8) is 0 Å². The Morgan fingerprint density at radius 1 is 1.04 bits per heavy atom. The first-order valence-electron chi connectivity index (χ1n) is 8.38. The fourth-order valence-corrected chi connectivity index (χ4v) is 3.83. The van der Waals surface area contributed by atoms with E-state index in [9.17, 15) is 9.59 Å². The van der Waals surface area contributed by atoms with Crippen LogP contribution in [0.1, 0.15) is 38.6 Å². The number of nitrogens with zero attached hydrogens (tertiary/aromatic N) is 3. The van der Waals surface area contributed by atoms with Gasteiger partial charge in [-0.2, -0.15) is 0 Å². The lowest BCUT2D eigenvalue weighted by atomic mass is 9.85. The number of pyridine rings is 3. The second-order valence-electron chi connectivity index (χ2n) is 6.74. The quantitative estimate of drug-likeness (QED) is 0.549. The van der Waals surface area contributed by atoms with E-state index in [-0.39, 0.29) is 17.2 Å². The van der Waals surface area contributed by atoms with E-state index in [1.807, 2.05) is 16.8 Å². The first kappa shape index (κ1) is 14.9. The number of hydrogen-bond donors (Lipinski definition) is 1. The molecule has 0 aromatic carbocycles. The van der Waals surface area contributed by atoms with Crippen molar-refractivity contribution in [2.24, 2.45) is 5.92 Å². The summed E-state index contributed by atoms with van der Waals surface area (Å²) >= 11 is 0. The molecule has 124 valence electrons. The summed E-state index contributed by atoms with van der Waals surface area (Å²) in [6.45, 7) is 2.20. The summed E-state index contributed by atoms with van der Waals surface area (Å²) in [6, 6.07) is 5.40. The average Bonchev–Trinajstić information content (AvgIpc) is 2.59. The second kappa shape index (κ2) is 5.47. The highest BCUT2D eigenvalue weighted by Gasteiger charge is 2.24. The Kier molecular flexibility index (Phi) is 3.40. The highest BCUT2D eigenvalue weighted by atomic mass is 16.1. The number of nitrogens with two attached hydrogens (primary N) is 1. The van der Waals surface area contributed by atoms with Crippen molar-refractivity contribution >= 4 is 21.8 Å². The van der Waals surface area contributed by atoms with E-state index >= 15 is 0 Å². The minimum absolute atomic E-state index is 0.0764. The smallest absolute Gasteiger partial charge is 0.278 e. The van der Waals surface area contributed by atoms with E-state index in [2.05, 4.69) is 11.9 Å². The van der Waals surface area contributed by atoms with Gasteiger partial charge >= 0.3 is 0 Å². The zero-order valence-corrected chi connectivity index (χ0v) is 13.6. The molecule has 4 rings (SSSR count). The van der Waals surface area contributed by atoms with Crippen LogP contribution in [0.3, 0.4) is 0 Å². The summed E-state index contributed by atoms with van der Waals surface area (Å²) in [5.74, 6) is 6.10. The lowest BCUT2D eigenvalue weighted by Gasteiger charge is -2.30. The number of rotatable bonds is 1. The molecule has 0 unspecified atom stereocenters. The second-order valence-corrected chi connectivity index (χ2v) is 6.74. The molecule has 0 bridgehead atoms. The highest BCUT2D eigenvalue weighted by molar-refractivity contribution is 5.91. The van der Waals surface area contributed by atoms with Crippen molar-refractivity contribution in [3.8, 4) is 0 Å². The largest absolute Gasteiger partial charge is 0.336 e. The highest BCUT2D eigenvalue weighted by Crippen LogP contribution is 2.32. The predicted octanol–water partition coefficient (Wildman–Crippen LogP) is 2.18. The SMILES string of the molecule is C[C@@H]1CCCC[C@@H]1n1ccc2nc3ccn(N)c(=O)c3cc2c1=O. The normalized spacial score (nSPS) is 21.4. The Hall–Kier alpha value is -2.63. The third-order valence-electron chi connectivity index (χ3n) is 5.22. The van der Waals surface area contributed by atoms with Crippen LogP contribution in [0.2, 0.25) is 0 Å². The van der Waals surface area contributed by atoms with Crippen molar-refractivity contribution in [3.05, 3.63) is 51.3 Å². The van der Waals surface area contributed by atoms with E-state index in [1.54, 1.807) is 12.1 Å². The van der Waals surface area contributed by atoms with Crippen LogP contribution in [0.4, 0.5) is 0 Å². The molecule has 0 saturated heterocycles. The zero-order chi connectivity index (χ0) is 16.8. The van der Waals surface area contributed by atoms with Crippen molar-refractivity contribution in [2.75, 3.05) is 5.84 Å². The molecule has 3 aromatic heterocycles. The Labute approximate surface area is 138 Å². The molecule has 24 heavy (non-hydrogen) atoms. The Morgan fingerprint density at radius 2 is 1.71 bits per heavy atom. The number of aromatic nitrogens is 3. The summed E-state index contributed by atoms with van der Waals surface area (Å²) in [6.07, 6.45) is 7.86. The lowest BCUT2D eigenvalue weighted by molar-refractivity contribution is 0.253. The maximum Gasteiger partial charge on any atom is 0.278 e. The average molecular weight is 324 g/mol. The van der Waals surface area contributed by atoms with Gasteiger partial charge in [-0.05, 0) is 37.0 Å². The summed E-state index contributed by atoms with van der Waals surface area (Å²) in [5.41, 5.74) is 0.744. The molecule has 1 fully saturated rings. The third-order valence-corrected chi connectivity index (χ3v) is 5.22. The lowest BCUT2D eigenvalue weighted by Crippen LogP contribution is -2.30. The van der Waals surface area contributed by atoms with Gasteiger partial charge in [0.15, 0.2) is 0 Å². The molecular formula is C18H20N4O2. The molecule has 0 aliphatic heterocycles. The molecule has 3 aromatic rings. The molecular weight excluding hydrogens is 304 g/mol. The van der Waals surface area contributed by atoms with E-state index < -0.39 is 0 Å². The van der Waals surface area contributed by atoms with E-state index in [0.717, 1.165) is 23.9 Å². The summed E-state index contributed by atoms with van der Waals surface area (Å²) in [4.78, 5) is 29.7. The van der Waals surface area contributed by atoms with Gasteiger partial charge in [0.2, 0.25) is 0 Å². The van der Waals surface area contributed by atoms with Gasteiger partial charge in [-0.1, -0.05) is 19.8 Å². The fraction of sp³-hybridized carbons (Fsp3) is 0.389. The van der Waals surface area contributed by atoms with Crippen LogP contribution >= 0.6 is 0 Å². The third kappa shape index (κ3) is 2.21. The van der Waals surface area contributed by atoms with Gasteiger partial charge < -0.3 is 10.4 Å². The van der Waals surface area contributed by atoms with Gasteiger partial charge in [0.25, 0.3) is 11.1 Å². The monoisotopic (exact) mass is 324 g/mol. The van der Waals surface area contributed by atoms with Crippen molar-refractivity contribution in [2.45, 2.75) is 38.6 Å². The summed E-state index contributed by atoms with van der Waals surface area (Å²) in [7, 11) is 0. The van der Waals surface area contributed by atoms with Crippen molar-refractivity contribution in [1.82, 2.24) is 14.2 Å². The van der Waals surface area contributed by atoms with Gasteiger partial charge in [0.1, 0.15) is 0 Å². The molecule has 6 heteroatoms. The maximum atomic E-state index is 13.0. The van der Waals surface area contributed by atoms with Gasteiger partial charge in [-0.3, -0.25) is 9.59 Å². The van der Waals surface area contributed by atoms with Gasteiger partial charge in [-0.15, -0.1) is 0 Å². The Morgan fingerprint density at radius 3 is 2.46 bits per heavy atom. The van der Waals surface area contributed by atoms with Crippen LogP contribution in [-0.2, 0) is 0 Å². The van der Waals surface area contributed by atoms with Gasteiger partial charge in [-0.25, -0.2) is 9.66 Å².